The third-order valence-electron chi connectivity index (χ3n) is 9.28. The van der Waals surface area contributed by atoms with Crippen molar-refractivity contribution < 1.29 is 9.47 Å². The van der Waals surface area contributed by atoms with Crippen LogP contribution >= 0.6 is 39.0 Å². The molecule has 0 aromatic heterocycles. The second-order valence-electron chi connectivity index (χ2n) is 12.7. The van der Waals surface area contributed by atoms with Crippen molar-refractivity contribution in [3.8, 4) is 11.5 Å². The fourth-order valence-electron chi connectivity index (χ4n) is 7.14. The van der Waals surface area contributed by atoms with Gasteiger partial charge in [-0.15, -0.1) is 0 Å². The summed E-state index contributed by atoms with van der Waals surface area (Å²) in [5, 5.41) is 8.85. The summed E-state index contributed by atoms with van der Waals surface area (Å²) in [6, 6.07) is 51.6. The molecule has 2 aliphatic heterocycles. The first-order chi connectivity index (χ1) is 24.1. The predicted molar refractivity (Wildman–Crippen MR) is 210 cm³/mol. The van der Waals surface area contributed by atoms with Gasteiger partial charge in [-0.3, -0.25) is 0 Å². The molecule has 8 rings (SSSR count). The van der Waals surface area contributed by atoms with E-state index < -0.39 is 15.8 Å². The fourth-order valence-corrected chi connectivity index (χ4v) is 12.7. The molecule has 0 radical (unpaired) electrons. The Labute approximate surface area is 301 Å². The van der Waals surface area contributed by atoms with Gasteiger partial charge in [0, 0.05) is 33.5 Å². The Morgan fingerprint density at radius 2 is 0.776 bits per heavy atom. The molecular weight excluding hydrogens is 681 g/mol. The molecule has 0 aliphatic carbocycles. The Balaban J connectivity index is 1.27. The van der Waals surface area contributed by atoms with Gasteiger partial charge < -0.3 is 9.47 Å². The van der Waals surface area contributed by atoms with Gasteiger partial charge in [0.15, 0.2) is 0 Å². The maximum atomic E-state index is 7.28. The first kappa shape index (κ1) is 32.6. The smallest absolute Gasteiger partial charge is 0.131 e. The minimum atomic E-state index is -0.923. The van der Waals surface area contributed by atoms with E-state index in [1.165, 1.54) is 21.2 Å². The standard InChI is InChI=1S/C43H36Cl2O2P2/c44-32-24-30-26-35-15-13-14-34(46-42(30)40(28-32)48(36-16-5-1-6-17-36)37-18-7-2-8-19-37)27-31-25-33(45)29-41(43(31)47-35)49(38-20-9-3-10-21-38)39-22-11-4-12-23-39/h1-12,16-25,28-29,34-35H,13-15,26-27H2. The quantitative estimate of drug-likeness (QED) is 0.160. The number of benzene rings is 6. The highest BCUT2D eigenvalue weighted by atomic mass is 35.5. The van der Waals surface area contributed by atoms with Crippen LogP contribution < -0.4 is 41.3 Å². The monoisotopic (exact) mass is 716 g/mol. The van der Waals surface area contributed by atoms with Crippen LogP contribution in [0.4, 0.5) is 0 Å². The first-order valence-corrected chi connectivity index (χ1v) is 20.3. The van der Waals surface area contributed by atoms with Gasteiger partial charge in [0.2, 0.25) is 0 Å². The van der Waals surface area contributed by atoms with Crippen LogP contribution in [0, 0.1) is 0 Å². The average molecular weight is 718 g/mol. The highest BCUT2D eigenvalue weighted by Crippen LogP contribution is 2.44. The molecule has 2 atom stereocenters. The van der Waals surface area contributed by atoms with Crippen molar-refractivity contribution in [2.45, 2.75) is 44.3 Å². The highest BCUT2D eigenvalue weighted by molar-refractivity contribution is 7.80. The number of hydrogen-bond acceptors (Lipinski definition) is 2. The van der Waals surface area contributed by atoms with Gasteiger partial charge in [-0.25, -0.2) is 0 Å². The zero-order valence-electron chi connectivity index (χ0n) is 27.0. The van der Waals surface area contributed by atoms with Crippen LogP contribution in [0.25, 0.3) is 0 Å². The van der Waals surface area contributed by atoms with Crippen LogP contribution in [0.1, 0.15) is 30.4 Å². The van der Waals surface area contributed by atoms with Crippen LogP contribution in [0.5, 0.6) is 11.5 Å². The van der Waals surface area contributed by atoms with Gasteiger partial charge in [-0.2, -0.15) is 0 Å². The van der Waals surface area contributed by atoms with Crippen LogP contribution in [-0.4, -0.2) is 12.2 Å². The minimum absolute atomic E-state index is 0.0488. The number of halogens is 2. The summed E-state index contributed by atoms with van der Waals surface area (Å²) in [6.07, 6.45) is 4.20. The van der Waals surface area contributed by atoms with E-state index in [0.717, 1.165) is 62.5 Å². The summed E-state index contributed by atoms with van der Waals surface area (Å²) >= 11 is 14.0. The molecule has 2 nitrogen and oxygen atoms in total. The molecule has 2 unspecified atom stereocenters. The van der Waals surface area contributed by atoms with Crippen molar-refractivity contribution in [1.29, 1.82) is 0 Å². The van der Waals surface area contributed by atoms with Gasteiger partial charge in [-0.05, 0) is 91.7 Å². The molecule has 0 fully saturated rings. The normalized spacial score (nSPS) is 17.1. The van der Waals surface area contributed by atoms with Crippen LogP contribution in [0.2, 0.25) is 10.0 Å². The average Bonchev–Trinajstić information content (AvgIpc) is 3.26. The molecule has 2 aliphatic rings. The molecule has 0 amide bonds. The van der Waals surface area contributed by atoms with Crippen LogP contribution in [-0.2, 0) is 12.8 Å². The Morgan fingerprint density at radius 3 is 1.10 bits per heavy atom. The molecule has 0 saturated heterocycles. The van der Waals surface area contributed by atoms with Crippen molar-refractivity contribution in [3.05, 3.63) is 167 Å². The zero-order valence-corrected chi connectivity index (χ0v) is 30.3. The van der Waals surface area contributed by atoms with Crippen LogP contribution in [0.15, 0.2) is 146 Å². The third kappa shape index (κ3) is 7.04. The molecule has 49 heavy (non-hydrogen) atoms. The Hall–Kier alpha value is -3.64. The molecule has 6 aromatic carbocycles. The molecule has 2 bridgehead atoms. The van der Waals surface area contributed by atoms with Gasteiger partial charge in [0.1, 0.15) is 23.7 Å². The van der Waals surface area contributed by atoms with Crippen molar-refractivity contribution in [2.75, 3.05) is 0 Å². The van der Waals surface area contributed by atoms with E-state index in [1.807, 2.05) is 0 Å². The van der Waals surface area contributed by atoms with E-state index in [2.05, 4.69) is 146 Å². The lowest BCUT2D eigenvalue weighted by Crippen LogP contribution is -2.30. The van der Waals surface area contributed by atoms with E-state index in [-0.39, 0.29) is 12.2 Å². The van der Waals surface area contributed by atoms with Crippen molar-refractivity contribution in [3.63, 3.8) is 0 Å². The molecule has 0 spiro atoms. The van der Waals surface area contributed by atoms with Crippen molar-refractivity contribution in [2.24, 2.45) is 0 Å². The number of ether oxygens (including phenoxy) is 2. The van der Waals surface area contributed by atoms with E-state index in [0.29, 0.717) is 12.8 Å². The SMILES string of the molecule is Clc1cc2c(c(P(c3ccccc3)c3ccccc3)c1)OC1CCCC(C2)Oc2c(cc(Cl)cc2P(c2ccccc2)c2ccccc2)C1. The lowest BCUT2D eigenvalue weighted by atomic mass is 10.0. The summed E-state index contributed by atoms with van der Waals surface area (Å²) in [4.78, 5) is 0. The van der Waals surface area contributed by atoms with E-state index in [1.54, 1.807) is 0 Å². The second-order valence-corrected chi connectivity index (χ2v) is 17.9. The molecule has 0 saturated carbocycles. The lowest BCUT2D eigenvalue weighted by Gasteiger charge is -2.31. The third-order valence-corrected chi connectivity index (χ3v) is 14.6. The molecular formula is C43H36Cl2O2P2. The second kappa shape index (κ2) is 14.7. The Bertz CT molecular complexity index is 1810. The predicted octanol–water partition coefficient (Wildman–Crippen LogP) is 8.99. The summed E-state index contributed by atoms with van der Waals surface area (Å²) in [7, 11) is -1.85. The Kier molecular flexibility index (Phi) is 9.76. The maximum Gasteiger partial charge on any atom is 0.131 e. The first-order valence-electron chi connectivity index (χ1n) is 16.9. The maximum absolute atomic E-state index is 7.28. The molecule has 6 heteroatoms. The van der Waals surface area contributed by atoms with Crippen molar-refractivity contribution in [1.82, 2.24) is 0 Å². The number of hydrogen-bond donors (Lipinski definition) is 0. The van der Waals surface area contributed by atoms with Crippen molar-refractivity contribution >= 4 is 70.9 Å². The number of fused-ring (bicyclic) bond motifs is 6. The van der Waals surface area contributed by atoms with Gasteiger partial charge >= 0.3 is 0 Å². The molecule has 6 aromatic rings. The lowest BCUT2D eigenvalue weighted by molar-refractivity contribution is 0.189. The minimum Gasteiger partial charge on any atom is -0.489 e. The van der Waals surface area contributed by atoms with Gasteiger partial charge in [0.25, 0.3) is 0 Å². The van der Waals surface area contributed by atoms with E-state index in [9.17, 15) is 0 Å². The summed E-state index contributed by atoms with van der Waals surface area (Å²) in [5.41, 5.74) is 2.23. The molecule has 244 valence electrons. The van der Waals surface area contributed by atoms with E-state index >= 15 is 0 Å². The molecule has 0 N–H and O–H groups in total. The van der Waals surface area contributed by atoms with Crippen LogP contribution in [0.3, 0.4) is 0 Å². The summed E-state index contributed by atoms with van der Waals surface area (Å²) in [5.74, 6) is 1.93. The zero-order chi connectivity index (χ0) is 33.2. The number of rotatable bonds is 6. The van der Waals surface area contributed by atoms with Gasteiger partial charge in [-0.1, -0.05) is 145 Å². The van der Waals surface area contributed by atoms with E-state index in [4.69, 9.17) is 32.7 Å². The summed E-state index contributed by atoms with van der Waals surface area (Å²) < 4.78 is 14.6. The summed E-state index contributed by atoms with van der Waals surface area (Å²) in [6.45, 7) is 0. The highest BCUT2D eigenvalue weighted by Gasteiger charge is 2.33. The fraction of sp³-hybridized carbons (Fsp3) is 0.163. The largest absolute Gasteiger partial charge is 0.489 e. The Morgan fingerprint density at radius 1 is 0.449 bits per heavy atom. The van der Waals surface area contributed by atoms with Gasteiger partial charge in [0.05, 0.1) is 0 Å². The molecule has 2 heterocycles. The topological polar surface area (TPSA) is 18.5 Å².